The van der Waals surface area contributed by atoms with E-state index in [-0.39, 0.29) is 5.91 Å². The Hall–Kier alpha value is -2.00. The van der Waals surface area contributed by atoms with Crippen molar-refractivity contribution in [3.8, 4) is 0 Å². The molecule has 0 bridgehead atoms. The van der Waals surface area contributed by atoms with Gasteiger partial charge >= 0.3 is 0 Å². The predicted octanol–water partition coefficient (Wildman–Crippen LogP) is 3.63. The van der Waals surface area contributed by atoms with Crippen molar-refractivity contribution in [2.75, 3.05) is 18.8 Å². The van der Waals surface area contributed by atoms with Crippen LogP contribution in [0.15, 0.2) is 48.5 Å². The molecule has 2 rings (SSSR count). The van der Waals surface area contributed by atoms with E-state index in [4.69, 9.17) is 17.3 Å². The summed E-state index contributed by atoms with van der Waals surface area (Å²) in [5, 5.41) is 0.538. The minimum Gasteiger partial charge on any atom is -0.398 e. The maximum absolute atomic E-state index is 12.5. The fourth-order valence-electron chi connectivity index (χ4n) is 2.21. The number of likely N-dealkylation sites (N-methyl/N-ethyl adjacent to an activating group) is 1. The Balaban J connectivity index is 2.08. The zero-order valence-electron chi connectivity index (χ0n) is 12.1. The zero-order chi connectivity index (χ0) is 15.2. The van der Waals surface area contributed by atoms with Crippen LogP contribution in [0.25, 0.3) is 0 Å². The van der Waals surface area contributed by atoms with Gasteiger partial charge in [-0.05, 0) is 37.1 Å². The first-order valence-electron chi connectivity index (χ1n) is 7.00. The van der Waals surface area contributed by atoms with Crippen LogP contribution in [-0.4, -0.2) is 23.9 Å². The fourth-order valence-corrected chi connectivity index (χ4v) is 2.39. The minimum absolute atomic E-state index is 0.0532. The van der Waals surface area contributed by atoms with Gasteiger partial charge in [-0.2, -0.15) is 0 Å². The van der Waals surface area contributed by atoms with Gasteiger partial charge in [-0.15, -0.1) is 0 Å². The largest absolute Gasteiger partial charge is 0.398 e. The molecule has 21 heavy (non-hydrogen) atoms. The van der Waals surface area contributed by atoms with E-state index in [2.05, 4.69) is 12.1 Å². The van der Waals surface area contributed by atoms with E-state index in [1.54, 1.807) is 23.1 Å². The van der Waals surface area contributed by atoms with Crippen molar-refractivity contribution >= 4 is 23.2 Å². The van der Waals surface area contributed by atoms with E-state index in [1.807, 2.05) is 25.1 Å². The Labute approximate surface area is 130 Å². The number of rotatable bonds is 5. The average molecular weight is 303 g/mol. The van der Waals surface area contributed by atoms with Crippen LogP contribution in [-0.2, 0) is 6.42 Å². The molecule has 0 spiro atoms. The van der Waals surface area contributed by atoms with E-state index in [0.717, 1.165) is 6.42 Å². The van der Waals surface area contributed by atoms with Crippen molar-refractivity contribution in [1.29, 1.82) is 0 Å². The third-order valence-electron chi connectivity index (χ3n) is 3.43. The van der Waals surface area contributed by atoms with Gasteiger partial charge in [0, 0.05) is 23.8 Å². The summed E-state index contributed by atoms with van der Waals surface area (Å²) in [6, 6.07) is 15.1. The van der Waals surface area contributed by atoms with Gasteiger partial charge in [0.15, 0.2) is 0 Å². The van der Waals surface area contributed by atoms with Crippen molar-refractivity contribution < 1.29 is 4.79 Å². The van der Waals surface area contributed by atoms with E-state index in [9.17, 15) is 4.79 Å². The van der Waals surface area contributed by atoms with Crippen molar-refractivity contribution in [1.82, 2.24) is 4.90 Å². The molecule has 1 amide bonds. The van der Waals surface area contributed by atoms with Crippen LogP contribution >= 0.6 is 11.6 Å². The predicted molar refractivity (Wildman–Crippen MR) is 87.6 cm³/mol. The number of nitrogens with zero attached hydrogens (tertiary/aromatic N) is 1. The third kappa shape index (κ3) is 3.99. The highest BCUT2D eigenvalue weighted by Gasteiger charge is 2.16. The third-order valence-corrected chi connectivity index (χ3v) is 3.66. The van der Waals surface area contributed by atoms with Crippen LogP contribution in [0.1, 0.15) is 22.8 Å². The van der Waals surface area contributed by atoms with Gasteiger partial charge < -0.3 is 10.6 Å². The second-order valence-corrected chi connectivity index (χ2v) is 5.29. The molecule has 2 N–H and O–H groups in total. The highest BCUT2D eigenvalue weighted by molar-refractivity contribution is 6.31. The molecule has 110 valence electrons. The molecular weight excluding hydrogens is 284 g/mol. The van der Waals surface area contributed by atoms with Crippen LogP contribution in [0.3, 0.4) is 0 Å². The molecule has 2 aromatic carbocycles. The molecule has 0 aliphatic rings. The molecule has 4 heteroatoms. The highest BCUT2D eigenvalue weighted by atomic mass is 35.5. The standard InChI is InChI=1S/C17H19ClN2O/c1-2-20(11-10-13-6-4-3-5-7-13)17(21)15-9-8-14(18)12-16(15)19/h3-9,12H,2,10-11,19H2,1H3. The fraction of sp³-hybridized carbons (Fsp3) is 0.235. The number of benzene rings is 2. The summed E-state index contributed by atoms with van der Waals surface area (Å²) in [5.74, 6) is -0.0532. The first-order valence-corrected chi connectivity index (χ1v) is 7.38. The normalized spacial score (nSPS) is 10.4. The first kappa shape index (κ1) is 15.4. The summed E-state index contributed by atoms with van der Waals surface area (Å²) in [7, 11) is 0. The van der Waals surface area contributed by atoms with Crippen LogP contribution in [0.2, 0.25) is 5.02 Å². The summed E-state index contributed by atoms with van der Waals surface area (Å²) in [4.78, 5) is 14.3. The smallest absolute Gasteiger partial charge is 0.255 e. The van der Waals surface area contributed by atoms with Crippen LogP contribution in [0.5, 0.6) is 0 Å². The number of nitrogen functional groups attached to an aromatic ring is 1. The van der Waals surface area contributed by atoms with Crippen LogP contribution in [0, 0.1) is 0 Å². The molecule has 0 radical (unpaired) electrons. The first-order chi connectivity index (χ1) is 10.1. The van der Waals surface area contributed by atoms with Gasteiger partial charge in [0.05, 0.1) is 5.56 Å². The number of amides is 1. The Morgan fingerprint density at radius 2 is 1.90 bits per heavy atom. The number of carbonyl (C=O) groups is 1. The number of halogens is 1. The lowest BCUT2D eigenvalue weighted by molar-refractivity contribution is 0.0767. The number of nitrogens with two attached hydrogens (primary N) is 1. The molecule has 0 saturated heterocycles. The van der Waals surface area contributed by atoms with Gasteiger partial charge in [-0.25, -0.2) is 0 Å². The van der Waals surface area contributed by atoms with Gasteiger partial charge in [-0.1, -0.05) is 41.9 Å². The molecule has 0 unspecified atom stereocenters. The molecule has 0 saturated carbocycles. The molecule has 3 nitrogen and oxygen atoms in total. The Kier molecular flexibility index (Phi) is 5.23. The summed E-state index contributed by atoms with van der Waals surface area (Å²) in [5.41, 5.74) is 8.04. The molecule has 2 aromatic rings. The quantitative estimate of drug-likeness (QED) is 0.857. The minimum atomic E-state index is -0.0532. The molecule has 0 fully saturated rings. The van der Waals surface area contributed by atoms with Crippen molar-refractivity contribution in [3.05, 3.63) is 64.7 Å². The second-order valence-electron chi connectivity index (χ2n) is 4.85. The maximum Gasteiger partial charge on any atom is 0.255 e. The molecule has 0 heterocycles. The zero-order valence-corrected chi connectivity index (χ0v) is 12.8. The van der Waals surface area contributed by atoms with Crippen molar-refractivity contribution in [2.24, 2.45) is 0 Å². The van der Waals surface area contributed by atoms with Gasteiger partial charge in [0.25, 0.3) is 5.91 Å². The number of hydrogen-bond donors (Lipinski definition) is 1. The topological polar surface area (TPSA) is 46.3 Å². The molecular formula is C17H19ClN2O. The lowest BCUT2D eigenvalue weighted by Gasteiger charge is -2.21. The van der Waals surface area contributed by atoms with Gasteiger partial charge in [-0.3, -0.25) is 4.79 Å². The lowest BCUT2D eigenvalue weighted by Crippen LogP contribution is -2.33. The van der Waals surface area contributed by atoms with Gasteiger partial charge in [0.1, 0.15) is 0 Å². The molecule has 0 atom stereocenters. The monoisotopic (exact) mass is 302 g/mol. The molecule has 0 aliphatic carbocycles. The van der Waals surface area contributed by atoms with Crippen LogP contribution in [0.4, 0.5) is 5.69 Å². The Morgan fingerprint density at radius 1 is 1.19 bits per heavy atom. The average Bonchev–Trinajstić information content (AvgIpc) is 2.48. The molecule has 0 aliphatic heterocycles. The van der Waals surface area contributed by atoms with Crippen molar-refractivity contribution in [2.45, 2.75) is 13.3 Å². The summed E-state index contributed by atoms with van der Waals surface area (Å²) in [6.07, 6.45) is 0.827. The molecule has 0 aromatic heterocycles. The summed E-state index contributed by atoms with van der Waals surface area (Å²) < 4.78 is 0. The lowest BCUT2D eigenvalue weighted by atomic mass is 10.1. The SMILES string of the molecule is CCN(CCc1ccccc1)C(=O)c1ccc(Cl)cc1N. The highest BCUT2D eigenvalue weighted by Crippen LogP contribution is 2.19. The van der Waals surface area contributed by atoms with E-state index < -0.39 is 0 Å². The number of anilines is 1. The number of carbonyl (C=O) groups excluding carboxylic acids is 1. The van der Waals surface area contributed by atoms with Crippen molar-refractivity contribution in [3.63, 3.8) is 0 Å². The Bertz CT molecular complexity index is 613. The van der Waals surface area contributed by atoms with Gasteiger partial charge in [0.2, 0.25) is 0 Å². The van der Waals surface area contributed by atoms with E-state index >= 15 is 0 Å². The summed E-state index contributed by atoms with van der Waals surface area (Å²) in [6.45, 7) is 3.28. The van der Waals surface area contributed by atoms with Crippen LogP contribution < -0.4 is 5.73 Å². The van der Waals surface area contributed by atoms with E-state index in [1.165, 1.54) is 5.56 Å². The second kappa shape index (κ2) is 7.14. The van der Waals surface area contributed by atoms with E-state index in [0.29, 0.717) is 29.4 Å². The maximum atomic E-state index is 12.5. The summed E-state index contributed by atoms with van der Waals surface area (Å²) >= 11 is 5.87. The Morgan fingerprint density at radius 3 is 2.52 bits per heavy atom. The number of hydrogen-bond acceptors (Lipinski definition) is 2.